The third kappa shape index (κ3) is 3.36. The topological polar surface area (TPSA) is 69.7 Å². The van der Waals surface area contributed by atoms with E-state index in [-0.39, 0.29) is 5.91 Å². The van der Waals surface area contributed by atoms with Gasteiger partial charge in [-0.05, 0) is 31.2 Å². The summed E-state index contributed by atoms with van der Waals surface area (Å²) < 4.78 is 17.1. The first-order valence-electron chi connectivity index (χ1n) is 7.72. The van der Waals surface area contributed by atoms with Crippen LogP contribution in [0.1, 0.15) is 17.3 Å². The van der Waals surface area contributed by atoms with Crippen LogP contribution in [0.5, 0.6) is 17.2 Å². The predicted octanol–water partition coefficient (Wildman–Crippen LogP) is 3.96. The molecule has 0 saturated heterocycles. The molecule has 3 rings (SSSR count). The van der Waals surface area contributed by atoms with E-state index in [1.165, 1.54) is 25.6 Å². The second-order valence-corrected chi connectivity index (χ2v) is 6.08. The van der Waals surface area contributed by atoms with E-state index in [9.17, 15) is 4.79 Å². The molecule has 130 valence electrons. The van der Waals surface area contributed by atoms with Gasteiger partial charge in [0, 0.05) is 0 Å². The Hall–Kier alpha value is -2.80. The fourth-order valence-electron chi connectivity index (χ4n) is 2.48. The Morgan fingerprint density at radius 3 is 2.60 bits per heavy atom. The first-order valence-corrected chi connectivity index (χ1v) is 8.54. The quantitative estimate of drug-likeness (QED) is 0.722. The smallest absolute Gasteiger partial charge is 0.261 e. The van der Waals surface area contributed by atoms with E-state index in [2.05, 4.69) is 10.3 Å². The van der Waals surface area contributed by atoms with Gasteiger partial charge in [-0.2, -0.15) is 0 Å². The molecular formula is C18H18N2O4S. The second-order valence-electron chi connectivity index (χ2n) is 5.05. The van der Waals surface area contributed by atoms with Gasteiger partial charge in [-0.1, -0.05) is 23.5 Å². The lowest BCUT2D eigenvalue weighted by atomic mass is 10.1. The Morgan fingerprint density at radius 2 is 1.88 bits per heavy atom. The number of hydrogen-bond acceptors (Lipinski definition) is 6. The number of thiazole rings is 1. The Kier molecular flexibility index (Phi) is 5.04. The molecule has 1 N–H and O–H groups in total. The van der Waals surface area contributed by atoms with Crippen LogP contribution in [-0.2, 0) is 0 Å². The van der Waals surface area contributed by atoms with Crippen LogP contribution in [0.3, 0.4) is 0 Å². The molecule has 7 heteroatoms. The van der Waals surface area contributed by atoms with Gasteiger partial charge >= 0.3 is 0 Å². The standard InChI is InChI=1S/C18H18N2O4S/c1-4-24-12-8-6-10-14-15(12)19-18(25-14)20-17(21)11-7-5-9-13(22-2)16(11)23-3/h5-10H,4H2,1-3H3,(H,19,20,21). The zero-order valence-corrected chi connectivity index (χ0v) is 15.0. The maximum absolute atomic E-state index is 12.6. The summed E-state index contributed by atoms with van der Waals surface area (Å²) in [6, 6.07) is 10.9. The van der Waals surface area contributed by atoms with E-state index in [1.54, 1.807) is 18.2 Å². The van der Waals surface area contributed by atoms with Crippen molar-refractivity contribution in [2.75, 3.05) is 26.1 Å². The summed E-state index contributed by atoms with van der Waals surface area (Å²) >= 11 is 1.39. The van der Waals surface area contributed by atoms with Gasteiger partial charge in [-0.3, -0.25) is 10.1 Å². The number of aromatic nitrogens is 1. The molecule has 6 nitrogen and oxygen atoms in total. The molecule has 0 spiro atoms. The average Bonchev–Trinajstić information content (AvgIpc) is 3.04. The summed E-state index contributed by atoms with van der Waals surface area (Å²) in [6.45, 7) is 2.47. The second kappa shape index (κ2) is 7.40. The number of ether oxygens (including phenoxy) is 3. The highest BCUT2D eigenvalue weighted by Crippen LogP contribution is 2.34. The molecule has 0 bridgehead atoms. The van der Waals surface area contributed by atoms with Crippen LogP contribution in [-0.4, -0.2) is 31.7 Å². The first-order chi connectivity index (χ1) is 12.2. The Bertz CT molecular complexity index is 907. The molecule has 0 aliphatic heterocycles. The van der Waals surface area contributed by atoms with Gasteiger partial charge in [0.25, 0.3) is 5.91 Å². The van der Waals surface area contributed by atoms with Crippen LogP contribution >= 0.6 is 11.3 Å². The van der Waals surface area contributed by atoms with Crippen LogP contribution in [0.15, 0.2) is 36.4 Å². The first kappa shape index (κ1) is 17.0. The lowest BCUT2D eigenvalue weighted by Gasteiger charge is -2.11. The molecule has 0 saturated carbocycles. The Balaban J connectivity index is 1.91. The fraction of sp³-hybridized carbons (Fsp3) is 0.222. The van der Waals surface area contributed by atoms with E-state index < -0.39 is 0 Å². The summed E-state index contributed by atoms with van der Waals surface area (Å²) in [5.74, 6) is 1.28. The highest BCUT2D eigenvalue weighted by Gasteiger charge is 2.18. The monoisotopic (exact) mass is 358 g/mol. The zero-order valence-electron chi connectivity index (χ0n) is 14.2. The van der Waals surface area contributed by atoms with Crippen molar-refractivity contribution in [3.8, 4) is 17.2 Å². The Morgan fingerprint density at radius 1 is 1.12 bits per heavy atom. The number of hydrogen-bond donors (Lipinski definition) is 1. The van der Waals surface area contributed by atoms with Crippen molar-refractivity contribution in [2.45, 2.75) is 6.92 Å². The molecule has 1 amide bonds. The highest BCUT2D eigenvalue weighted by atomic mass is 32.1. The Labute approximate surface area is 149 Å². The SMILES string of the molecule is CCOc1cccc2sc(NC(=O)c3cccc(OC)c3OC)nc12. The maximum atomic E-state index is 12.6. The number of para-hydroxylation sites is 2. The number of carbonyl (C=O) groups is 1. The molecule has 0 radical (unpaired) electrons. The largest absolute Gasteiger partial charge is 0.493 e. The van der Waals surface area contributed by atoms with Gasteiger partial charge < -0.3 is 14.2 Å². The van der Waals surface area contributed by atoms with Crippen molar-refractivity contribution < 1.29 is 19.0 Å². The summed E-state index contributed by atoms with van der Waals surface area (Å²) in [6.07, 6.45) is 0. The molecule has 0 unspecified atom stereocenters. The minimum absolute atomic E-state index is 0.312. The minimum atomic E-state index is -0.312. The molecule has 1 heterocycles. The summed E-state index contributed by atoms with van der Waals surface area (Å²) in [5, 5.41) is 3.32. The van der Waals surface area contributed by atoms with E-state index >= 15 is 0 Å². The number of benzene rings is 2. The van der Waals surface area contributed by atoms with Gasteiger partial charge in [0.15, 0.2) is 16.6 Å². The summed E-state index contributed by atoms with van der Waals surface area (Å²) in [7, 11) is 3.03. The number of anilines is 1. The molecule has 2 aromatic carbocycles. The van der Waals surface area contributed by atoms with Gasteiger partial charge in [0.1, 0.15) is 11.3 Å². The van der Waals surface area contributed by atoms with Crippen LogP contribution in [0.25, 0.3) is 10.2 Å². The van der Waals surface area contributed by atoms with E-state index in [0.29, 0.717) is 34.6 Å². The molecule has 25 heavy (non-hydrogen) atoms. The highest BCUT2D eigenvalue weighted by molar-refractivity contribution is 7.22. The van der Waals surface area contributed by atoms with Crippen LogP contribution in [0.2, 0.25) is 0 Å². The summed E-state index contributed by atoms with van der Waals surface area (Å²) in [4.78, 5) is 17.1. The van der Waals surface area contributed by atoms with Crippen LogP contribution < -0.4 is 19.5 Å². The summed E-state index contributed by atoms with van der Waals surface area (Å²) in [5.41, 5.74) is 1.12. The third-order valence-electron chi connectivity index (χ3n) is 3.55. The van der Waals surface area contributed by atoms with Crippen molar-refractivity contribution >= 4 is 32.6 Å². The zero-order chi connectivity index (χ0) is 17.8. The number of nitrogens with zero attached hydrogens (tertiary/aromatic N) is 1. The molecule has 0 fully saturated rings. The maximum Gasteiger partial charge on any atom is 0.261 e. The number of rotatable bonds is 6. The van der Waals surface area contributed by atoms with E-state index in [4.69, 9.17) is 14.2 Å². The van der Waals surface area contributed by atoms with Crippen molar-refractivity contribution in [3.63, 3.8) is 0 Å². The third-order valence-corrected chi connectivity index (χ3v) is 4.49. The van der Waals surface area contributed by atoms with Crippen LogP contribution in [0.4, 0.5) is 5.13 Å². The normalized spacial score (nSPS) is 10.5. The van der Waals surface area contributed by atoms with E-state index in [1.807, 2.05) is 25.1 Å². The van der Waals surface area contributed by atoms with Gasteiger partial charge in [0.2, 0.25) is 0 Å². The number of nitrogens with one attached hydrogen (secondary N) is 1. The average molecular weight is 358 g/mol. The van der Waals surface area contributed by atoms with Gasteiger partial charge in [-0.25, -0.2) is 4.98 Å². The molecule has 0 aliphatic carbocycles. The van der Waals surface area contributed by atoms with Gasteiger partial charge in [0.05, 0.1) is 31.1 Å². The van der Waals surface area contributed by atoms with Crippen LogP contribution in [0, 0.1) is 0 Å². The molecule has 0 atom stereocenters. The lowest BCUT2D eigenvalue weighted by molar-refractivity contribution is 0.102. The molecule has 3 aromatic rings. The van der Waals surface area contributed by atoms with Crippen molar-refractivity contribution in [3.05, 3.63) is 42.0 Å². The van der Waals surface area contributed by atoms with Gasteiger partial charge in [-0.15, -0.1) is 0 Å². The number of carbonyl (C=O) groups excluding carboxylic acids is 1. The van der Waals surface area contributed by atoms with Crippen molar-refractivity contribution in [2.24, 2.45) is 0 Å². The lowest BCUT2D eigenvalue weighted by Crippen LogP contribution is -2.13. The molecule has 1 aromatic heterocycles. The predicted molar refractivity (Wildman–Crippen MR) is 98.3 cm³/mol. The minimum Gasteiger partial charge on any atom is -0.493 e. The van der Waals surface area contributed by atoms with E-state index in [0.717, 1.165) is 10.2 Å². The number of fused-ring (bicyclic) bond motifs is 1. The fourth-order valence-corrected chi connectivity index (χ4v) is 3.36. The molecular weight excluding hydrogens is 340 g/mol. The molecule has 0 aliphatic rings. The van der Waals surface area contributed by atoms with Crippen molar-refractivity contribution in [1.29, 1.82) is 0 Å². The van der Waals surface area contributed by atoms with Crippen molar-refractivity contribution in [1.82, 2.24) is 4.98 Å². The number of amides is 1. The number of methoxy groups -OCH3 is 2.